The number of hydrogen-bond acceptors (Lipinski definition) is 3. The normalized spacial score (nSPS) is 10.2. The first kappa shape index (κ1) is 14.0. The first-order chi connectivity index (χ1) is 6.95. The smallest absolute Gasteiger partial charge is 0.175 e. The van der Waals surface area contributed by atoms with Gasteiger partial charge in [0.1, 0.15) is 0 Å². The number of aryl methyl sites for hydroxylation is 1. The van der Waals surface area contributed by atoms with Gasteiger partial charge in [-0.05, 0) is 24.6 Å². The first-order valence-corrected chi connectivity index (χ1v) is 6.83. The third-order valence-electron chi connectivity index (χ3n) is 1.91. The summed E-state index contributed by atoms with van der Waals surface area (Å²) in [5.41, 5.74) is 1.89. The average Bonchev–Trinajstić information content (AvgIpc) is 2.20. The predicted molar refractivity (Wildman–Crippen MR) is 67.3 cm³/mol. The van der Waals surface area contributed by atoms with E-state index >= 15 is 0 Å². The Morgan fingerprint density at radius 1 is 1.27 bits per heavy atom. The number of hydrogen-bond donors (Lipinski definition) is 1. The van der Waals surface area contributed by atoms with Crippen LogP contribution in [0.5, 0.6) is 0 Å². The third-order valence-corrected chi connectivity index (χ3v) is 3.02. The van der Waals surface area contributed by atoms with Crippen LogP contribution in [0.15, 0.2) is 23.1 Å². The van der Waals surface area contributed by atoms with Crippen LogP contribution in [0.25, 0.3) is 0 Å². The molecule has 0 aliphatic carbocycles. The molecule has 0 heterocycles. The molecule has 0 amide bonds. The number of benzene rings is 1. The van der Waals surface area contributed by atoms with Gasteiger partial charge in [-0.1, -0.05) is 19.9 Å². The highest BCUT2D eigenvalue weighted by Gasteiger charge is 2.07. The van der Waals surface area contributed by atoms with E-state index in [1.54, 1.807) is 25.2 Å². The van der Waals surface area contributed by atoms with Gasteiger partial charge in [0.15, 0.2) is 9.84 Å². The van der Waals surface area contributed by atoms with Crippen LogP contribution in [-0.2, 0) is 9.84 Å². The number of nitrogens with one attached hydrogen (secondary N) is 1. The lowest BCUT2D eigenvalue weighted by Crippen LogP contribution is -1.99. The predicted octanol–water partition coefficient (Wildman–Crippen LogP) is 2.71. The minimum Gasteiger partial charge on any atom is -0.388 e. The van der Waals surface area contributed by atoms with Gasteiger partial charge in [-0.15, -0.1) is 0 Å². The van der Waals surface area contributed by atoms with E-state index in [1.165, 1.54) is 6.26 Å². The fourth-order valence-electron chi connectivity index (χ4n) is 1.10. The van der Waals surface area contributed by atoms with Crippen molar-refractivity contribution in [3.8, 4) is 0 Å². The van der Waals surface area contributed by atoms with Gasteiger partial charge in [-0.25, -0.2) is 8.42 Å². The minimum absolute atomic E-state index is 0. The molecule has 0 spiro atoms. The summed E-state index contributed by atoms with van der Waals surface area (Å²) in [6.07, 6.45) is 1.21. The van der Waals surface area contributed by atoms with Crippen LogP contribution in [0.2, 0.25) is 0 Å². The summed E-state index contributed by atoms with van der Waals surface area (Å²) in [7, 11) is -1.32. The molecular formula is C11H21NO2S. The van der Waals surface area contributed by atoms with Crippen molar-refractivity contribution >= 4 is 15.5 Å². The van der Waals surface area contributed by atoms with Gasteiger partial charge in [-0.2, -0.15) is 0 Å². The van der Waals surface area contributed by atoms with Crippen LogP contribution in [0.3, 0.4) is 0 Å². The maximum atomic E-state index is 11.2. The number of rotatable bonds is 2. The number of anilines is 1. The second kappa shape index (κ2) is 5.75. The van der Waals surface area contributed by atoms with Crippen LogP contribution in [-0.4, -0.2) is 21.7 Å². The zero-order valence-electron chi connectivity index (χ0n) is 9.96. The lowest BCUT2D eigenvalue weighted by atomic mass is 10.2. The van der Waals surface area contributed by atoms with Gasteiger partial charge < -0.3 is 5.32 Å². The van der Waals surface area contributed by atoms with Gasteiger partial charge in [-0.3, -0.25) is 0 Å². The van der Waals surface area contributed by atoms with E-state index in [0.717, 1.165) is 11.3 Å². The van der Waals surface area contributed by atoms with E-state index in [0.29, 0.717) is 4.90 Å². The highest BCUT2D eigenvalue weighted by molar-refractivity contribution is 7.90. The van der Waals surface area contributed by atoms with Crippen LogP contribution in [0.4, 0.5) is 5.69 Å². The number of sulfone groups is 1. The Morgan fingerprint density at radius 3 is 2.20 bits per heavy atom. The summed E-state index contributed by atoms with van der Waals surface area (Å²) in [5.74, 6) is 0. The van der Waals surface area contributed by atoms with Gasteiger partial charge >= 0.3 is 0 Å². The highest BCUT2D eigenvalue weighted by Crippen LogP contribution is 2.19. The molecule has 0 saturated heterocycles. The summed E-state index contributed by atoms with van der Waals surface area (Å²) >= 11 is 0. The topological polar surface area (TPSA) is 46.2 Å². The fourth-order valence-corrected chi connectivity index (χ4v) is 1.75. The summed E-state index contributed by atoms with van der Waals surface area (Å²) in [5, 5.41) is 2.94. The van der Waals surface area contributed by atoms with Gasteiger partial charge in [0.2, 0.25) is 0 Å². The molecule has 0 bridgehead atoms. The second-order valence-corrected chi connectivity index (χ2v) is 5.01. The third kappa shape index (κ3) is 3.91. The zero-order chi connectivity index (χ0) is 12.1. The van der Waals surface area contributed by atoms with E-state index in [1.807, 2.05) is 20.8 Å². The molecule has 0 aliphatic heterocycles. The van der Waals surface area contributed by atoms with Crippen molar-refractivity contribution in [2.75, 3.05) is 18.6 Å². The van der Waals surface area contributed by atoms with Crippen LogP contribution < -0.4 is 5.32 Å². The Bertz CT molecular complexity index is 416. The first-order valence-electron chi connectivity index (χ1n) is 4.93. The molecule has 1 aromatic rings. The van der Waals surface area contributed by atoms with Crippen molar-refractivity contribution in [2.45, 2.75) is 25.7 Å². The maximum absolute atomic E-state index is 11.2. The Labute approximate surface area is 93.9 Å². The lowest BCUT2D eigenvalue weighted by Gasteiger charge is -2.06. The van der Waals surface area contributed by atoms with Crippen molar-refractivity contribution in [3.63, 3.8) is 0 Å². The standard InChI is InChI=1S/C9H13NO2S.C2H6.H2/c1-7-4-5-8(13(3,11)12)6-9(7)10-2;1-2;/h4-6,10H,1-3H3;1-2H3;1H. The molecule has 0 aliphatic rings. The molecule has 1 N–H and O–H groups in total. The van der Waals surface area contributed by atoms with Crippen molar-refractivity contribution in [1.29, 1.82) is 0 Å². The molecule has 0 unspecified atom stereocenters. The molecule has 3 nitrogen and oxygen atoms in total. The molecule has 15 heavy (non-hydrogen) atoms. The largest absolute Gasteiger partial charge is 0.388 e. The van der Waals surface area contributed by atoms with Gasteiger partial charge in [0, 0.05) is 20.4 Å². The van der Waals surface area contributed by atoms with Crippen LogP contribution >= 0.6 is 0 Å². The quantitative estimate of drug-likeness (QED) is 0.851. The molecule has 4 heteroatoms. The minimum atomic E-state index is -3.09. The fraction of sp³-hybridized carbons (Fsp3) is 0.455. The monoisotopic (exact) mass is 231 g/mol. The van der Waals surface area contributed by atoms with Gasteiger partial charge in [0.05, 0.1) is 4.90 Å². The Kier molecular flexibility index (Phi) is 5.36. The van der Waals surface area contributed by atoms with E-state index in [2.05, 4.69) is 5.32 Å². The SMILES string of the molecule is CC.CNc1cc(S(C)(=O)=O)ccc1C.[HH]. The summed E-state index contributed by atoms with van der Waals surface area (Å²) in [6, 6.07) is 5.05. The molecule has 0 fully saturated rings. The average molecular weight is 231 g/mol. The van der Waals surface area contributed by atoms with Crippen molar-refractivity contribution in [3.05, 3.63) is 23.8 Å². The van der Waals surface area contributed by atoms with Gasteiger partial charge in [0.25, 0.3) is 0 Å². The lowest BCUT2D eigenvalue weighted by molar-refractivity contribution is 0.602. The van der Waals surface area contributed by atoms with E-state index in [9.17, 15) is 8.42 Å². The van der Waals surface area contributed by atoms with Crippen LogP contribution in [0, 0.1) is 6.92 Å². The maximum Gasteiger partial charge on any atom is 0.175 e. The van der Waals surface area contributed by atoms with E-state index < -0.39 is 9.84 Å². The Balaban J connectivity index is 0. The van der Waals surface area contributed by atoms with E-state index in [4.69, 9.17) is 0 Å². The zero-order valence-corrected chi connectivity index (χ0v) is 10.8. The van der Waals surface area contributed by atoms with Crippen LogP contribution in [0.1, 0.15) is 20.8 Å². The molecule has 1 aromatic carbocycles. The molecular weight excluding hydrogens is 210 g/mol. The molecule has 1 rings (SSSR count). The summed E-state index contributed by atoms with van der Waals surface area (Å²) in [6.45, 7) is 5.93. The Morgan fingerprint density at radius 2 is 1.80 bits per heavy atom. The van der Waals surface area contributed by atoms with Crippen molar-refractivity contribution in [2.24, 2.45) is 0 Å². The Hall–Kier alpha value is -1.03. The molecule has 0 aromatic heterocycles. The second-order valence-electron chi connectivity index (χ2n) is 3.00. The molecule has 88 valence electrons. The van der Waals surface area contributed by atoms with Crippen molar-refractivity contribution < 1.29 is 9.84 Å². The van der Waals surface area contributed by atoms with E-state index in [-0.39, 0.29) is 1.43 Å². The highest BCUT2D eigenvalue weighted by atomic mass is 32.2. The van der Waals surface area contributed by atoms with Crippen molar-refractivity contribution in [1.82, 2.24) is 0 Å². The molecule has 0 radical (unpaired) electrons. The summed E-state index contributed by atoms with van der Waals surface area (Å²) < 4.78 is 22.4. The molecule has 0 saturated carbocycles. The summed E-state index contributed by atoms with van der Waals surface area (Å²) in [4.78, 5) is 0.349. The molecule has 0 atom stereocenters.